The van der Waals surface area contributed by atoms with Crippen molar-refractivity contribution in [2.45, 2.75) is 38.3 Å². The normalized spacial score (nSPS) is 21.7. The molecule has 28 heavy (non-hydrogen) atoms. The van der Waals surface area contributed by atoms with Gasteiger partial charge in [0.15, 0.2) is 22.5 Å². The van der Waals surface area contributed by atoms with Crippen molar-refractivity contribution in [3.05, 3.63) is 10.8 Å². The molecule has 0 spiro atoms. The van der Waals surface area contributed by atoms with Crippen LogP contribution in [0.25, 0.3) is 0 Å². The van der Waals surface area contributed by atoms with Crippen LogP contribution in [-0.2, 0) is 0 Å². The van der Waals surface area contributed by atoms with E-state index >= 15 is 0 Å². The van der Waals surface area contributed by atoms with E-state index in [9.17, 15) is 4.79 Å². The molecule has 2 fully saturated rings. The summed E-state index contributed by atoms with van der Waals surface area (Å²) in [5, 5.41) is 15.0. The monoisotopic (exact) mass is 411 g/mol. The first-order valence-electron chi connectivity index (χ1n) is 9.98. The van der Waals surface area contributed by atoms with Crippen molar-refractivity contribution in [2.24, 2.45) is 0 Å². The van der Waals surface area contributed by atoms with Crippen LogP contribution in [0.1, 0.15) is 36.7 Å². The number of hydrogen-bond donors (Lipinski definition) is 4. The lowest BCUT2D eigenvalue weighted by Gasteiger charge is -2.46. The highest BCUT2D eigenvalue weighted by Crippen LogP contribution is 2.29. The van der Waals surface area contributed by atoms with E-state index in [0.717, 1.165) is 39.1 Å². The van der Waals surface area contributed by atoms with Gasteiger partial charge in [-0.15, -0.1) is 0 Å². The van der Waals surface area contributed by atoms with Crippen molar-refractivity contribution in [2.75, 3.05) is 56.5 Å². The predicted molar refractivity (Wildman–Crippen MR) is 110 cm³/mol. The third-order valence-electron chi connectivity index (χ3n) is 5.55. The Morgan fingerprint density at radius 3 is 2.79 bits per heavy atom. The van der Waals surface area contributed by atoms with Crippen LogP contribution >= 0.6 is 11.6 Å². The highest BCUT2D eigenvalue weighted by molar-refractivity contribution is 6.32. The van der Waals surface area contributed by atoms with Gasteiger partial charge in [-0.1, -0.05) is 18.5 Å². The van der Waals surface area contributed by atoms with E-state index in [2.05, 4.69) is 37.3 Å². The van der Waals surface area contributed by atoms with Gasteiger partial charge in [0.2, 0.25) is 0 Å². The molecular formula is C18H30ClN7O2. The van der Waals surface area contributed by atoms with Gasteiger partial charge in [0.05, 0.1) is 6.61 Å². The number of hydrogen-bond acceptors (Lipinski definition) is 8. The quantitative estimate of drug-likeness (QED) is 0.519. The lowest BCUT2D eigenvalue weighted by Crippen LogP contribution is -2.58. The summed E-state index contributed by atoms with van der Waals surface area (Å²) in [6, 6.07) is 1.04. The average Bonchev–Trinajstić information content (AvgIpc) is 2.73. The van der Waals surface area contributed by atoms with Crippen molar-refractivity contribution in [1.29, 1.82) is 0 Å². The number of aliphatic hydroxyl groups is 1. The maximum Gasteiger partial charge on any atom is 0.273 e. The van der Waals surface area contributed by atoms with Gasteiger partial charge in [-0.3, -0.25) is 9.69 Å². The fourth-order valence-corrected chi connectivity index (χ4v) is 4.33. The first-order chi connectivity index (χ1) is 13.5. The largest absolute Gasteiger partial charge is 0.395 e. The molecule has 0 radical (unpaired) electrons. The fourth-order valence-electron chi connectivity index (χ4n) is 4.08. The highest BCUT2D eigenvalue weighted by Gasteiger charge is 2.33. The molecule has 5 N–H and O–H groups in total. The molecule has 2 aliphatic heterocycles. The van der Waals surface area contributed by atoms with Crippen LogP contribution in [0.4, 0.5) is 11.6 Å². The number of amides is 1. The predicted octanol–water partition coefficient (Wildman–Crippen LogP) is 0.0869. The summed E-state index contributed by atoms with van der Waals surface area (Å²) in [5.41, 5.74) is 5.97. The van der Waals surface area contributed by atoms with Crippen molar-refractivity contribution in [3.8, 4) is 0 Å². The Morgan fingerprint density at radius 1 is 1.36 bits per heavy atom. The van der Waals surface area contributed by atoms with Crippen LogP contribution in [0.15, 0.2) is 0 Å². The summed E-state index contributed by atoms with van der Waals surface area (Å²) in [7, 11) is 0. The molecular weight excluding hydrogens is 382 g/mol. The van der Waals surface area contributed by atoms with Crippen LogP contribution in [0.3, 0.4) is 0 Å². The molecule has 9 nitrogen and oxygen atoms in total. The second kappa shape index (κ2) is 9.69. The number of nitrogens with two attached hydrogens (primary N) is 1. The molecule has 0 saturated carbocycles. The third kappa shape index (κ3) is 4.65. The van der Waals surface area contributed by atoms with E-state index in [4.69, 9.17) is 22.4 Å². The summed E-state index contributed by atoms with van der Waals surface area (Å²) in [5.74, 6) is 0.0830. The molecule has 1 aromatic heterocycles. The van der Waals surface area contributed by atoms with Crippen LogP contribution in [0.5, 0.6) is 0 Å². The Balaban J connectivity index is 1.73. The molecule has 3 rings (SSSR count). The van der Waals surface area contributed by atoms with Gasteiger partial charge >= 0.3 is 0 Å². The van der Waals surface area contributed by atoms with Gasteiger partial charge in [-0.2, -0.15) is 0 Å². The van der Waals surface area contributed by atoms with Crippen molar-refractivity contribution in [1.82, 2.24) is 25.5 Å². The number of nitrogens with zero attached hydrogens (tertiary/aromatic N) is 4. The Labute approximate surface area is 170 Å². The molecule has 10 heteroatoms. The molecule has 3 heterocycles. The second-order valence-corrected chi connectivity index (χ2v) is 7.64. The fraction of sp³-hybridized carbons (Fsp3) is 0.722. The first kappa shape index (κ1) is 21.0. The van der Waals surface area contributed by atoms with Crippen LogP contribution in [-0.4, -0.2) is 83.8 Å². The lowest BCUT2D eigenvalue weighted by atomic mass is 9.99. The number of nitrogens with one attached hydrogen (secondary N) is 2. The van der Waals surface area contributed by atoms with E-state index < -0.39 is 5.91 Å². The van der Waals surface area contributed by atoms with Gasteiger partial charge in [0.1, 0.15) is 0 Å². The maximum atomic E-state index is 12.1. The van der Waals surface area contributed by atoms with Gasteiger partial charge in [0.25, 0.3) is 5.91 Å². The van der Waals surface area contributed by atoms with E-state index in [-0.39, 0.29) is 29.8 Å². The number of piperazine rings is 1. The minimum absolute atomic E-state index is 0.0115. The van der Waals surface area contributed by atoms with Crippen molar-refractivity contribution in [3.63, 3.8) is 0 Å². The zero-order chi connectivity index (χ0) is 20.1. The molecule has 156 valence electrons. The first-order valence-corrected chi connectivity index (χ1v) is 10.4. The number of carbonyl (C=O) groups excluding carboxylic acids is 1. The Kier molecular flexibility index (Phi) is 7.28. The van der Waals surface area contributed by atoms with E-state index in [1.54, 1.807) is 0 Å². The molecule has 1 aromatic rings. The Hall–Kier alpha value is -1.68. The van der Waals surface area contributed by atoms with Gasteiger partial charge in [0, 0.05) is 38.3 Å². The van der Waals surface area contributed by atoms with Crippen LogP contribution < -0.4 is 21.3 Å². The van der Waals surface area contributed by atoms with E-state index in [1.165, 1.54) is 12.8 Å². The Bertz CT molecular complexity index is 684. The zero-order valence-corrected chi connectivity index (χ0v) is 17.1. The SMILES string of the molecule is CC[C@H]1CN(c2nc(N)c(C(=O)NCCO)nc2Cl)CCN1C1CCNCC1. The smallest absolute Gasteiger partial charge is 0.273 e. The van der Waals surface area contributed by atoms with Gasteiger partial charge in [-0.25, -0.2) is 9.97 Å². The number of aliphatic hydroxyl groups excluding tert-OH is 1. The third-order valence-corrected chi connectivity index (χ3v) is 5.81. The molecule has 2 saturated heterocycles. The summed E-state index contributed by atoms with van der Waals surface area (Å²) >= 11 is 6.37. The zero-order valence-electron chi connectivity index (χ0n) is 16.3. The number of halogens is 1. The molecule has 1 amide bonds. The molecule has 0 unspecified atom stereocenters. The van der Waals surface area contributed by atoms with Gasteiger partial charge < -0.3 is 26.4 Å². The number of piperidine rings is 1. The summed E-state index contributed by atoms with van der Waals surface area (Å²) in [4.78, 5) is 25.4. The standard InChI is InChI=1S/C18H30ClN7O2/c1-2-12-11-25(8-9-26(12)13-3-5-21-6-4-13)17-15(19)23-14(16(20)24-17)18(28)22-7-10-27/h12-13,21,27H,2-11H2,1H3,(H2,20,24)(H,22,28)/t12-/m0/s1. The van der Waals surface area contributed by atoms with Crippen LogP contribution in [0, 0.1) is 0 Å². The number of anilines is 2. The van der Waals surface area contributed by atoms with Crippen molar-refractivity contribution >= 4 is 29.1 Å². The van der Waals surface area contributed by atoms with Gasteiger partial charge in [-0.05, 0) is 32.4 Å². The highest BCUT2D eigenvalue weighted by atomic mass is 35.5. The minimum Gasteiger partial charge on any atom is -0.395 e. The van der Waals surface area contributed by atoms with Crippen LogP contribution in [0.2, 0.25) is 5.15 Å². The summed E-state index contributed by atoms with van der Waals surface area (Å²) in [6.45, 7) is 6.87. The minimum atomic E-state index is -0.491. The maximum absolute atomic E-state index is 12.1. The Morgan fingerprint density at radius 2 is 2.11 bits per heavy atom. The topological polar surface area (TPSA) is 120 Å². The number of rotatable bonds is 6. The average molecular weight is 412 g/mol. The van der Waals surface area contributed by atoms with E-state index in [0.29, 0.717) is 17.9 Å². The molecule has 1 atom stereocenters. The summed E-state index contributed by atoms with van der Waals surface area (Å²) < 4.78 is 0. The number of carbonyl (C=O) groups is 1. The number of nitrogen functional groups attached to an aromatic ring is 1. The van der Waals surface area contributed by atoms with Crippen molar-refractivity contribution < 1.29 is 9.90 Å². The summed E-state index contributed by atoms with van der Waals surface area (Å²) in [6.07, 6.45) is 3.41. The molecule has 2 aliphatic rings. The number of aromatic nitrogens is 2. The lowest BCUT2D eigenvalue weighted by molar-refractivity contribution is 0.0931. The second-order valence-electron chi connectivity index (χ2n) is 7.28. The molecule has 0 aromatic carbocycles. The molecule has 0 bridgehead atoms. The molecule has 0 aliphatic carbocycles. The van der Waals surface area contributed by atoms with E-state index in [1.807, 2.05) is 0 Å².